The second-order valence-corrected chi connectivity index (χ2v) is 6.04. The van der Waals surface area contributed by atoms with E-state index in [1.54, 1.807) is 12.4 Å². The highest BCUT2D eigenvalue weighted by Gasteiger charge is 2.31. The van der Waals surface area contributed by atoms with E-state index >= 15 is 0 Å². The first kappa shape index (κ1) is 15.4. The molecule has 0 aliphatic carbocycles. The number of ether oxygens (including phenoxy) is 1. The maximum atomic E-state index is 13.0. The van der Waals surface area contributed by atoms with Gasteiger partial charge in [-0.2, -0.15) is 0 Å². The third-order valence-corrected chi connectivity index (χ3v) is 4.45. The summed E-state index contributed by atoms with van der Waals surface area (Å²) in [5.41, 5.74) is 2.92. The predicted octanol–water partition coefficient (Wildman–Crippen LogP) is 3.46. The van der Waals surface area contributed by atoms with Gasteiger partial charge in [0, 0.05) is 18.0 Å². The SMILES string of the molecule is O=C(NC(c1ccccc1)c1cccnc1)C1COc2ccccc21. The Morgan fingerprint density at radius 1 is 1.00 bits per heavy atom. The number of hydrogen-bond acceptors (Lipinski definition) is 3. The lowest BCUT2D eigenvalue weighted by atomic mass is 9.96. The lowest BCUT2D eigenvalue weighted by Gasteiger charge is -2.21. The normalized spacial score (nSPS) is 16.6. The maximum absolute atomic E-state index is 13.0. The summed E-state index contributed by atoms with van der Waals surface area (Å²) in [6.45, 7) is 0.375. The Hall–Kier alpha value is -3.14. The molecular formula is C21H18N2O2. The van der Waals surface area contributed by atoms with E-state index in [0.29, 0.717) is 6.61 Å². The highest BCUT2D eigenvalue weighted by molar-refractivity contribution is 5.86. The van der Waals surface area contributed by atoms with Crippen LogP contribution in [0.1, 0.15) is 28.7 Å². The van der Waals surface area contributed by atoms with Gasteiger partial charge in [0.25, 0.3) is 0 Å². The number of aromatic nitrogens is 1. The van der Waals surface area contributed by atoms with Crippen LogP contribution in [0.4, 0.5) is 0 Å². The zero-order valence-corrected chi connectivity index (χ0v) is 13.6. The Morgan fingerprint density at radius 2 is 1.76 bits per heavy atom. The molecule has 2 heterocycles. The van der Waals surface area contributed by atoms with Crippen molar-refractivity contribution in [2.75, 3.05) is 6.61 Å². The first-order chi connectivity index (χ1) is 12.3. The molecule has 4 heteroatoms. The number of fused-ring (bicyclic) bond motifs is 1. The molecule has 0 saturated heterocycles. The van der Waals surface area contributed by atoms with Crippen LogP contribution in [0, 0.1) is 0 Å². The van der Waals surface area contributed by atoms with Crippen molar-refractivity contribution in [2.24, 2.45) is 0 Å². The average Bonchev–Trinajstić information content (AvgIpc) is 3.11. The molecule has 4 nitrogen and oxygen atoms in total. The Morgan fingerprint density at radius 3 is 2.56 bits per heavy atom. The topological polar surface area (TPSA) is 51.2 Å². The standard InChI is InChI=1S/C21H18N2O2/c24-21(18-14-25-19-11-5-4-10-17(18)19)23-20(15-7-2-1-3-8-15)16-9-6-12-22-13-16/h1-13,18,20H,14H2,(H,23,24). The quantitative estimate of drug-likeness (QED) is 0.797. The Bertz CT molecular complexity index is 826. The number of benzene rings is 2. The molecule has 0 spiro atoms. The van der Waals surface area contributed by atoms with Gasteiger partial charge in [-0.1, -0.05) is 54.6 Å². The number of rotatable bonds is 4. The Labute approximate surface area is 146 Å². The molecule has 2 unspecified atom stereocenters. The fourth-order valence-corrected chi connectivity index (χ4v) is 3.17. The Kier molecular flexibility index (Phi) is 4.17. The third kappa shape index (κ3) is 3.11. The average molecular weight is 330 g/mol. The molecule has 25 heavy (non-hydrogen) atoms. The molecule has 1 aromatic heterocycles. The number of nitrogens with zero attached hydrogens (tertiary/aromatic N) is 1. The second kappa shape index (κ2) is 6.77. The second-order valence-electron chi connectivity index (χ2n) is 6.04. The van der Waals surface area contributed by atoms with Crippen molar-refractivity contribution in [3.63, 3.8) is 0 Å². The molecular weight excluding hydrogens is 312 g/mol. The van der Waals surface area contributed by atoms with Crippen molar-refractivity contribution >= 4 is 5.91 Å². The summed E-state index contributed by atoms with van der Waals surface area (Å²) < 4.78 is 5.65. The van der Waals surface area contributed by atoms with Crippen molar-refractivity contribution in [1.82, 2.24) is 10.3 Å². The van der Waals surface area contributed by atoms with Crippen molar-refractivity contribution < 1.29 is 9.53 Å². The molecule has 1 N–H and O–H groups in total. The molecule has 2 atom stereocenters. The van der Waals surface area contributed by atoms with Gasteiger partial charge in [0.1, 0.15) is 18.3 Å². The van der Waals surface area contributed by atoms with E-state index in [9.17, 15) is 4.79 Å². The Balaban J connectivity index is 1.62. The van der Waals surface area contributed by atoms with Crippen LogP contribution in [0.25, 0.3) is 0 Å². The van der Waals surface area contributed by atoms with Crippen molar-refractivity contribution in [3.8, 4) is 5.75 Å². The summed E-state index contributed by atoms with van der Waals surface area (Å²) in [5.74, 6) is 0.460. The summed E-state index contributed by atoms with van der Waals surface area (Å²) in [6, 6.07) is 21.3. The highest BCUT2D eigenvalue weighted by atomic mass is 16.5. The predicted molar refractivity (Wildman–Crippen MR) is 95.3 cm³/mol. The van der Waals surface area contributed by atoms with Gasteiger partial charge < -0.3 is 10.1 Å². The molecule has 2 aromatic carbocycles. The monoisotopic (exact) mass is 330 g/mol. The largest absolute Gasteiger partial charge is 0.492 e. The molecule has 0 bridgehead atoms. The maximum Gasteiger partial charge on any atom is 0.231 e. The van der Waals surface area contributed by atoms with Crippen LogP contribution in [0.5, 0.6) is 5.75 Å². The molecule has 3 aromatic rings. The van der Waals surface area contributed by atoms with Crippen LogP contribution >= 0.6 is 0 Å². The summed E-state index contributed by atoms with van der Waals surface area (Å²) in [4.78, 5) is 17.1. The van der Waals surface area contributed by atoms with E-state index in [4.69, 9.17) is 4.74 Å². The number of para-hydroxylation sites is 1. The number of pyridine rings is 1. The summed E-state index contributed by atoms with van der Waals surface area (Å²) >= 11 is 0. The zero-order chi connectivity index (χ0) is 17.1. The van der Waals surface area contributed by atoms with E-state index in [0.717, 1.165) is 22.4 Å². The number of amides is 1. The minimum atomic E-state index is -0.293. The fourth-order valence-electron chi connectivity index (χ4n) is 3.17. The van der Waals surface area contributed by atoms with Crippen molar-refractivity contribution in [1.29, 1.82) is 0 Å². The number of hydrogen-bond donors (Lipinski definition) is 1. The molecule has 4 rings (SSSR count). The molecule has 0 radical (unpaired) electrons. The smallest absolute Gasteiger partial charge is 0.231 e. The first-order valence-corrected chi connectivity index (χ1v) is 8.30. The summed E-state index contributed by atoms with van der Waals surface area (Å²) in [6.07, 6.45) is 3.52. The van der Waals surface area contributed by atoms with Gasteiger partial charge in [0.2, 0.25) is 5.91 Å². The van der Waals surface area contributed by atoms with Gasteiger partial charge in [-0.15, -0.1) is 0 Å². The third-order valence-electron chi connectivity index (χ3n) is 4.45. The van der Waals surface area contributed by atoms with Gasteiger partial charge in [-0.05, 0) is 23.3 Å². The van der Waals surface area contributed by atoms with Crippen molar-refractivity contribution in [2.45, 2.75) is 12.0 Å². The van der Waals surface area contributed by atoms with Crippen molar-refractivity contribution in [3.05, 3.63) is 95.8 Å². The van der Waals surface area contributed by atoms with Gasteiger partial charge in [-0.25, -0.2) is 0 Å². The van der Waals surface area contributed by atoms with E-state index in [1.165, 1.54) is 0 Å². The van der Waals surface area contributed by atoms with E-state index in [1.807, 2.05) is 66.7 Å². The lowest BCUT2D eigenvalue weighted by molar-refractivity contribution is -0.123. The lowest BCUT2D eigenvalue weighted by Crippen LogP contribution is -2.34. The molecule has 124 valence electrons. The number of nitrogens with one attached hydrogen (secondary N) is 1. The molecule has 1 aliphatic rings. The van der Waals surface area contributed by atoms with Crippen LogP contribution < -0.4 is 10.1 Å². The molecule has 1 amide bonds. The van der Waals surface area contributed by atoms with E-state index in [2.05, 4.69) is 10.3 Å². The van der Waals surface area contributed by atoms with Crippen LogP contribution in [-0.2, 0) is 4.79 Å². The highest BCUT2D eigenvalue weighted by Crippen LogP contribution is 2.34. The molecule has 1 aliphatic heterocycles. The van der Waals surface area contributed by atoms with Gasteiger partial charge in [-0.3, -0.25) is 9.78 Å². The minimum Gasteiger partial charge on any atom is -0.492 e. The molecule has 0 fully saturated rings. The summed E-state index contributed by atoms with van der Waals surface area (Å²) in [7, 11) is 0. The minimum absolute atomic E-state index is 0.0392. The summed E-state index contributed by atoms with van der Waals surface area (Å²) in [5, 5.41) is 3.17. The number of carbonyl (C=O) groups is 1. The first-order valence-electron chi connectivity index (χ1n) is 8.30. The van der Waals surface area contributed by atoms with E-state index in [-0.39, 0.29) is 17.9 Å². The van der Waals surface area contributed by atoms with Crippen LogP contribution in [0.2, 0.25) is 0 Å². The van der Waals surface area contributed by atoms with Crippen LogP contribution in [-0.4, -0.2) is 17.5 Å². The van der Waals surface area contributed by atoms with Gasteiger partial charge >= 0.3 is 0 Å². The van der Waals surface area contributed by atoms with Gasteiger partial charge in [0.15, 0.2) is 0 Å². The molecule has 0 saturated carbocycles. The number of carbonyl (C=O) groups excluding carboxylic acids is 1. The zero-order valence-electron chi connectivity index (χ0n) is 13.6. The van der Waals surface area contributed by atoms with Crippen LogP contribution in [0.3, 0.4) is 0 Å². The van der Waals surface area contributed by atoms with Crippen LogP contribution in [0.15, 0.2) is 79.1 Å². The van der Waals surface area contributed by atoms with Gasteiger partial charge in [0.05, 0.1) is 6.04 Å². The fraction of sp³-hybridized carbons (Fsp3) is 0.143. The van der Waals surface area contributed by atoms with E-state index < -0.39 is 0 Å².